The molecule has 0 aromatic heterocycles. The molecule has 1 aromatic carbocycles. The van der Waals surface area contributed by atoms with E-state index >= 15 is 0 Å². The van der Waals surface area contributed by atoms with Crippen LogP contribution in [0.3, 0.4) is 0 Å². The Bertz CT molecular complexity index is 705. The first-order valence-electron chi connectivity index (χ1n) is 7.53. The number of rotatable bonds is 5. The molecule has 1 fully saturated rings. The molecule has 0 saturated carbocycles. The number of carboxylic acids is 1. The molecule has 1 N–H and O–H groups in total. The SMILES string of the molecule is O=C(CCC(=O)N1CCC[C@H]1C(=O)O)c1ccc(Cl)c(C(F)(F)F)c1. The lowest BCUT2D eigenvalue weighted by Crippen LogP contribution is -2.40. The van der Waals surface area contributed by atoms with E-state index in [9.17, 15) is 27.6 Å². The van der Waals surface area contributed by atoms with E-state index in [1.54, 1.807) is 0 Å². The van der Waals surface area contributed by atoms with Crippen molar-refractivity contribution < 1.29 is 32.7 Å². The lowest BCUT2D eigenvalue weighted by atomic mass is 10.0. The first-order chi connectivity index (χ1) is 11.6. The van der Waals surface area contributed by atoms with E-state index in [2.05, 4.69) is 0 Å². The van der Waals surface area contributed by atoms with Crippen molar-refractivity contribution >= 4 is 29.3 Å². The van der Waals surface area contributed by atoms with Gasteiger partial charge < -0.3 is 10.0 Å². The fourth-order valence-electron chi connectivity index (χ4n) is 2.75. The normalized spacial score (nSPS) is 17.6. The van der Waals surface area contributed by atoms with Crippen LogP contribution in [0.2, 0.25) is 5.02 Å². The molecule has 1 heterocycles. The summed E-state index contributed by atoms with van der Waals surface area (Å²) in [4.78, 5) is 36.4. The molecule has 0 unspecified atom stereocenters. The van der Waals surface area contributed by atoms with Gasteiger partial charge in [-0.2, -0.15) is 13.2 Å². The largest absolute Gasteiger partial charge is 0.480 e. The number of aliphatic carboxylic acids is 1. The van der Waals surface area contributed by atoms with Crippen molar-refractivity contribution in [3.63, 3.8) is 0 Å². The van der Waals surface area contributed by atoms with E-state index in [-0.39, 0.29) is 18.4 Å². The molecular formula is C16H15ClF3NO4. The number of nitrogens with zero attached hydrogens (tertiary/aromatic N) is 1. The molecule has 25 heavy (non-hydrogen) atoms. The number of amides is 1. The minimum absolute atomic E-state index is 0.194. The Kier molecular flexibility index (Phi) is 5.72. The van der Waals surface area contributed by atoms with Gasteiger partial charge in [0, 0.05) is 24.9 Å². The van der Waals surface area contributed by atoms with Crippen molar-refractivity contribution in [2.24, 2.45) is 0 Å². The van der Waals surface area contributed by atoms with E-state index in [4.69, 9.17) is 16.7 Å². The molecule has 1 atom stereocenters. The first kappa shape index (κ1) is 19.2. The Morgan fingerprint density at radius 1 is 1.24 bits per heavy atom. The van der Waals surface area contributed by atoms with Crippen LogP contribution in [0.5, 0.6) is 0 Å². The second-order valence-electron chi connectivity index (χ2n) is 5.70. The molecule has 9 heteroatoms. The maximum absolute atomic E-state index is 12.8. The summed E-state index contributed by atoms with van der Waals surface area (Å²) in [5.41, 5.74) is -1.31. The summed E-state index contributed by atoms with van der Waals surface area (Å²) >= 11 is 5.50. The van der Waals surface area contributed by atoms with E-state index in [0.717, 1.165) is 6.07 Å². The number of ketones is 1. The molecule has 1 amide bonds. The van der Waals surface area contributed by atoms with E-state index in [1.165, 1.54) is 11.0 Å². The summed E-state index contributed by atoms with van der Waals surface area (Å²) in [6.45, 7) is 0.295. The quantitative estimate of drug-likeness (QED) is 0.798. The highest BCUT2D eigenvalue weighted by atomic mass is 35.5. The third kappa shape index (κ3) is 4.50. The van der Waals surface area contributed by atoms with Gasteiger partial charge in [-0.25, -0.2) is 4.79 Å². The van der Waals surface area contributed by atoms with Gasteiger partial charge in [-0.05, 0) is 31.0 Å². The van der Waals surface area contributed by atoms with Crippen LogP contribution < -0.4 is 0 Å². The zero-order valence-corrected chi connectivity index (χ0v) is 13.7. The van der Waals surface area contributed by atoms with Gasteiger partial charge in [0.25, 0.3) is 0 Å². The van der Waals surface area contributed by atoms with E-state index in [1.807, 2.05) is 0 Å². The maximum atomic E-state index is 12.8. The van der Waals surface area contributed by atoms with Crippen LogP contribution in [0, 0.1) is 0 Å². The average molecular weight is 378 g/mol. The number of alkyl halides is 3. The van der Waals surface area contributed by atoms with Crippen LogP contribution in [0.15, 0.2) is 18.2 Å². The lowest BCUT2D eigenvalue weighted by molar-refractivity contribution is -0.148. The summed E-state index contributed by atoms with van der Waals surface area (Å²) in [6, 6.07) is 1.90. The van der Waals surface area contributed by atoms with Gasteiger partial charge in [-0.15, -0.1) is 0 Å². The molecule has 0 radical (unpaired) electrons. The predicted octanol–water partition coefficient (Wildman–Crippen LogP) is 3.40. The Morgan fingerprint density at radius 2 is 1.92 bits per heavy atom. The molecule has 0 spiro atoms. The van der Waals surface area contributed by atoms with Gasteiger partial charge in [0.2, 0.25) is 5.91 Å². The van der Waals surface area contributed by atoms with Crippen molar-refractivity contribution in [1.29, 1.82) is 0 Å². The minimum atomic E-state index is -4.69. The monoisotopic (exact) mass is 377 g/mol. The molecule has 2 rings (SSSR count). The molecule has 1 aliphatic heterocycles. The number of hydrogen-bond acceptors (Lipinski definition) is 3. The van der Waals surface area contributed by atoms with Gasteiger partial charge >= 0.3 is 12.1 Å². The van der Waals surface area contributed by atoms with E-state index in [0.29, 0.717) is 25.5 Å². The van der Waals surface area contributed by atoms with Gasteiger partial charge in [0.15, 0.2) is 5.78 Å². The smallest absolute Gasteiger partial charge is 0.417 e. The molecular weight excluding hydrogens is 363 g/mol. The number of benzene rings is 1. The van der Waals surface area contributed by atoms with Crippen molar-refractivity contribution in [3.8, 4) is 0 Å². The summed E-state index contributed by atoms with van der Waals surface area (Å²) in [6.07, 6.45) is -4.34. The number of carbonyl (C=O) groups excluding carboxylic acids is 2. The number of carboxylic acid groups (broad SMARTS) is 1. The molecule has 1 aliphatic rings. The Hall–Kier alpha value is -2.09. The highest BCUT2D eigenvalue weighted by Crippen LogP contribution is 2.35. The number of likely N-dealkylation sites (tertiary alicyclic amines) is 1. The van der Waals surface area contributed by atoms with Crippen molar-refractivity contribution in [1.82, 2.24) is 4.90 Å². The Balaban J connectivity index is 2.03. The Morgan fingerprint density at radius 3 is 2.52 bits per heavy atom. The fraction of sp³-hybridized carbons (Fsp3) is 0.438. The summed E-state index contributed by atoms with van der Waals surface area (Å²) < 4.78 is 38.5. The van der Waals surface area contributed by atoms with Gasteiger partial charge in [0.05, 0.1) is 10.6 Å². The third-order valence-electron chi connectivity index (χ3n) is 4.02. The second-order valence-corrected chi connectivity index (χ2v) is 6.11. The summed E-state index contributed by atoms with van der Waals surface area (Å²) in [5, 5.41) is 8.53. The van der Waals surface area contributed by atoms with Crippen LogP contribution in [0.4, 0.5) is 13.2 Å². The van der Waals surface area contributed by atoms with Gasteiger partial charge in [0.1, 0.15) is 6.04 Å². The summed E-state index contributed by atoms with van der Waals surface area (Å²) in [5.74, 6) is -2.24. The number of carbonyl (C=O) groups is 3. The Labute approximate surface area is 146 Å². The first-order valence-corrected chi connectivity index (χ1v) is 7.91. The lowest BCUT2D eigenvalue weighted by Gasteiger charge is -2.21. The third-order valence-corrected chi connectivity index (χ3v) is 4.35. The average Bonchev–Trinajstić information content (AvgIpc) is 3.01. The van der Waals surface area contributed by atoms with Crippen LogP contribution in [0.1, 0.15) is 41.6 Å². The zero-order chi connectivity index (χ0) is 18.8. The topological polar surface area (TPSA) is 74.7 Å². The van der Waals surface area contributed by atoms with Gasteiger partial charge in [-0.3, -0.25) is 9.59 Å². The minimum Gasteiger partial charge on any atom is -0.480 e. The highest BCUT2D eigenvalue weighted by molar-refractivity contribution is 6.31. The number of hydrogen-bond donors (Lipinski definition) is 1. The van der Waals surface area contributed by atoms with Crippen molar-refractivity contribution in [2.75, 3.05) is 6.54 Å². The van der Waals surface area contributed by atoms with Crippen molar-refractivity contribution in [2.45, 2.75) is 37.9 Å². The molecule has 0 bridgehead atoms. The molecule has 5 nitrogen and oxygen atoms in total. The summed E-state index contributed by atoms with van der Waals surface area (Å²) in [7, 11) is 0. The number of halogens is 4. The standard InChI is InChI=1S/C16H15ClF3NO4/c17-11-4-3-9(8-10(11)16(18,19)20)13(22)5-6-14(23)21-7-1-2-12(21)15(24)25/h3-4,8,12H,1-2,5-7H2,(H,24,25)/t12-/m0/s1. The molecule has 0 aliphatic carbocycles. The highest BCUT2D eigenvalue weighted by Gasteiger charge is 2.35. The van der Waals surface area contributed by atoms with Crippen molar-refractivity contribution in [3.05, 3.63) is 34.3 Å². The second kappa shape index (κ2) is 7.43. The van der Waals surface area contributed by atoms with Crippen LogP contribution in [-0.4, -0.2) is 40.3 Å². The zero-order valence-electron chi connectivity index (χ0n) is 13.0. The fourth-order valence-corrected chi connectivity index (χ4v) is 2.97. The van der Waals surface area contributed by atoms with E-state index < -0.39 is 40.5 Å². The van der Waals surface area contributed by atoms with Crippen LogP contribution in [-0.2, 0) is 15.8 Å². The van der Waals surface area contributed by atoms with Crippen LogP contribution in [0.25, 0.3) is 0 Å². The van der Waals surface area contributed by atoms with Crippen LogP contribution >= 0.6 is 11.6 Å². The maximum Gasteiger partial charge on any atom is 0.417 e. The van der Waals surface area contributed by atoms with Gasteiger partial charge in [-0.1, -0.05) is 11.6 Å². The molecule has 1 aromatic rings. The molecule has 1 saturated heterocycles. The predicted molar refractivity (Wildman–Crippen MR) is 82.4 cm³/mol. The molecule has 136 valence electrons. The number of Topliss-reactive ketones (excluding diaryl/α,β-unsaturated/α-hetero) is 1.